The van der Waals surface area contributed by atoms with Gasteiger partial charge in [0.25, 0.3) is 0 Å². The normalized spacial score (nSPS) is 26.8. The number of likely N-dealkylation sites (tertiary alicyclic amines) is 1. The Hall–Kier alpha value is -1.89. The molecule has 1 saturated carbocycles. The fraction of sp³-hybridized carbons (Fsp3) is 0.750. The Morgan fingerprint density at radius 2 is 2.04 bits per heavy atom. The van der Waals surface area contributed by atoms with Gasteiger partial charge in [0.05, 0.1) is 6.61 Å². The zero-order chi connectivity index (χ0) is 18.7. The van der Waals surface area contributed by atoms with E-state index in [1.165, 1.54) is 32.1 Å². The molecule has 148 valence electrons. The van der Waals surface area contributed by atoms with Crippen molar-refractivity contribution in [3.63, 3.8) is 0 Å². The topological polar surface area (TPSA) is 81.6 Å². The van der Waals surface area contributed by atoms with Gasteiger partial charge in [-0.1, -0.05) is 12.8 Å². The summed E-state index contributed by atoms with van der Waals surface area (Å²) < 4.78 is 0. The van der Waals surface area contributed by atoms with Gasteiger partial charge >= 0.3 is 0 Å². The van der Waals surface area contributed by atoms with E-state index >= 15 is 0 Å². The fourth-order valence-electron chi connectivity index (χ4n) is 5.13. The largest absolute Gasteiger partial charge is 0.395 e. The molecule has 0 radical (unpaired) electrons. The molecule has 7 heteroatoms. The lowest BCUT2D eigenvalue weighted by atomic mass is 9.73. The first-order chi connectivity index (χ1) is 13.2. The summed E-state index contributed by atoms with van der Waals surface area (Å²) in [6.45, 7) is 3.43. The maximum atomic E-state index is 12.6. The number of hydrogen-bond acceptors (Lipinski definition) is 6. The molecule has 2 aliphatic heterocycles. The van der Waals surface area contributed by atoms with Crippen molar-refractivity contribution in [3.8, 4) is 0 Å². The molecule has 0 aromatic carbocycles. The van der Waals surface area contributed by atoms with Crippen LogP contribution in [0, 0.1) is 5.41 Å². The number of hydrogen-bond donors (Lipinski definition) is 2. The Morgan fingerprint density at radius 3 is 2.85 bits per heavy atom. The van der Waals surface area contributed by atoms with Gasteiger partial charge in [-0.15, -0.1) is 0 Å². The molecule has 2 saturated heterocycles. The number of amides is 1. The number of carbonyl (C=O) groups is 1. The second-order valence-corrected chi connectivity index (χ2v) is 8.40. The minimum atomic E-state index is 0.0805. The van der Waals surface area contributed by atoms with Crippen LogP contribution in [-0.2, 0) is 4.79 Å². The molecule has 27 heavy (non-hydrogen) atoms. The second kappa shape index (κ2) is 8.00. The molecule has 1 aliphatic carbocycles. The smallest absolute Gasteiger partial charge is 0.222 e. The Kier molecular flexibility index (Phi) is 5.48. The van der Waals surface area contributed by atoms with Crippen LogP contribution in [0.25, 0.3) is 0 Å². The monoisotopic (exact) mass is 373 g/mol. The Morgan fingerprint density at radius 1 is 1.19 bits per heavy atom. The second-order valence-electron chi connectivity index (χ2n) is 8.40. The van der Waals surface area contributed by atoms with Crippen molar-refractivity contribution in [2.45, 2.75) is 57.4 Å². The van der Waals surface area contributed by atoms with Crippen LogP contribution in [-0.4, -0.2) is 64.7 Å². The van der Waals surface area contributed by atoms with Crippen LogP contribution in [0.1, 0.15) is 51.4 Å². The maximum Gasteiger partial charge on any atom is 0.222 e. The molecule has 1 spiro atoms. The number of aliphatic hydroxyl groups is 1. The van der Waals surface area contributed by atoms with E-state index < -0.39 is 0 Å². The lowest BCUT2D eigenvalue weighted by molar-refractivity contribution is -0.140. The number of anilines is 2. The molecule has 2 N–H and O–H groups in total. The van der Waals surface area contributed by atoms with Crippen molar-refractivity contribution < 1.29 is 9.90 Å². The van der Waals surface area contributed by atoms with E-state index in [4.69, 9.17) is 5.11 Å². The first kappa shape index (κ1) is 18.5. The fourth-order valence-corrected chi connectivity index (χ4v) is 5.13. The van der Waals surface area contributed by atoms with E-state index in [1.807, 2.05) is 6.07 Å². The summed E-state index contributed by atoms with van der Waals surface area (Å²) in [5.74, 6) is 2.05. The van der Waals surface area contributed by atoms with Gasteiger partial charge in [0.1, 0.15) is 18.0 Å². The minimum absolute atomic E-state index is 0.0805. The van der Waals surface area contributed by atoms with Crippen LogP contribution in [0.4, 0.5) is 11.6 Å². The molecule has 3 fully saturated rings. The highest BCUT2D eigenvalue weighted by atomic mass is 16.3. The summed E-state index contributed by atoms with van der Waals surface area (Å²) in [7, 11) is 0. The zero-order valence-electron chi connectivity index (χ0n) is 16.1. The molecule has 1 atom stereocenters. The lowest BCUT2D eigenvalue weighted by Crippen LogP contribution is -2.56. The average Bonchev–Trinajstić information content (AvgIpc) is 3.23. The summed E-state index contributed by atoms with van der Waals surface area (Å²) in [4.78, 5) is 25.9. The van der Waals surface area contributed by atoms with E-state index in [0.29, 0.717) is 24.9 Å². The van der Waals surface area contributed by atoms with E-state index in [0.717, 1.165) is 44.1 Å². The average molecular weight is 374 g/mol. The first-order valence-corrected chi connectivity index (χ1v) is 10.4. The molecule has 3 heterocycles. The summed E-state index contributed by atoms with van der Waals surface area (Å²) in [5.41, 5.74) is 0.193. The summed E-state index contributed by atoms with van der Waals surface area (Å²) in [6, 6.07) is 2.44. The molecule has 0 bridgehead atoms. The van der Waals surface area contributed by atoms with Crippen LogP contribution in [0.3, 0.4) is 0 Å². The van der Waals surface area contributed by atoms with Gasteiger partial charge in [0.15, 0.2) is 0 Å². The Labute approximate surface area is 161 Å². The van der Waals surface area contributed by atoms with Crippen molar-refractivity contribution in [3.05, 3.63) is 12.4 Å². The van der Waals surface area contributed by atoms with E-state index in [9.17, 15) is 4.79 Å². The van der Waals surface area contributed by atoms with Crippen LogP contribution in [0.15, 0.2) is 12.4 Å². The van der Waals surface area contributed by atoms with Gasteiger partial charge in [-0.3, -0.25) is 4.79 Å². The van der Waals surface area contributed by atoms with Crippen molar-refractivity contribution in [1.29, 1.82) is 0 Å². The van der Waals surface area contributed by atoms with Gasteiger partial charge < -0.3 is 20.2 Å². The molecular weight excluding hydrogens is 342 g/mol. The predicted molar refractivity (Wildman–Crippen MR) is 105 cm³/mol. The van der Waals surface area contributed by atoms with E-state index in [1.54, 1.807) is 6.33 Å². The van der Waals surface area contributed by atoms with Gasteiger partial charge in [-0.05, 0) is 32.1 Å². The number of carbonyl (C=O) groups excluding carboxylic acids is 1. The predicted octanol–water partition coefficient (Wildman–Crippen LogP) is 2.03. The van der Waals surface area contributed by atoms with Crippen LogP contribution < -0.4 is 10.2 Å². The zero-order valence-corrected chi connectivity index (χ0v) is 16.1. The van der Waals surface area contributed by atoms with Gasteiger partial charge in [-0.25, -0.2) is 9.97 Å². The highest BCUT2D eigenvalue weighted by Gasteiger charge is 2.44. The molecule has 1 amide bonds. The molecule has 3 aliphatic rings. The van der Waals surface area contributed by atoms with Crippen LogP contribution in [0.2, 0.25) is 0 Å². The number of piperidine rings is 2. The maximum absolute atomic E-state index is 12.6. The number of nitrogens with zero attached hydrogens (tertiary/aromatic N) is 4. The number of aliphatic hydroxyl groups excluding tert-OH is 1. The van der Waals surface area contributed by atoms with Crippen LogP contribution in [0.5, 0.6) is 0 Å². The number of aromatic nitrogens is 2. The molecule has 0 unspecified atom stereocenters. The van der Waals surface area contributed by atoms with Crippen LogP contribution >= 0.6 is 0 Å². The summed E-state index contributed by atoms with van der Waals surface area (Å²) >= 11 is 0. The SMILES string of the molecule is O=C1CC[C@@]2(CCCN(c3cc(NCCO)ncn3)C2)CN1C1CCCC1. The van der Waals surface area contributed by atoms with Gasteiger partial charge in [0, 0.05) is 50.1 Å². The standard InChI is InChI=1S/C20H31N5O2/c26-11-9-21-17-12-18(23-15-22-17)24-10-3-7-20(13-24)8-6-19(27)25(14-20)16-4-1-2-5-16/h12,15-16,26H,1-11,13-14H2,(H,21,22,23)/t20-/m1/s1. The van der Waals surface area contributed by atoms with Crippen molar-refractivity contribution in [2.24, 2.45) is 5.41 Å². The quantitative estimate of drug-likeness (QED) is 0.822. The lowest BCUT2D eigenvalue weighted by Gasteiger charge is -2.50. The van der Waals surface area contributed by atoms with E-state index in [2.05, 4.69) is 25.1 Å². The molecule has 1 aromatic rings. The third kappa shape index (κ3) is 4.03. The Bertz CT molecular complexity index is 664. The first-order valence-electron chi connectivity index (χ1n) is 10.4. The summed E-state index contributed by atoms with van der Waals surface area (Å²) in [5, 5.41) is 12.1. The number of nitrogens with one attached hydrogen (secondary N) is 1. The van der Waals surface area contributed by atoms with Crippen molar-refractivity contribution in [2.75, 3.05) is 43.0 Å². The van der Waals surface area contributed by atoms with Crippen molar-refractivity contribution >= 4 is 17.5 Å². The molecule has 7 nitrogen and oxygen atoms in total. The number of rotatable bonds is 5. The Balaban J connectivity index is 1.48. The van der Waals surface area contributed by atoms with Gasteiger partial charge in [0.2, 0.25) is 5.91 Å². The molecular formula is C20H31N5O2. The molecule has 4 rings (SSSR count). The highest BCUT2D eigenvalue weighted by Crippen LogP contribution is 2.42. The highest BCUT2D eigenvalue weighted by molar-refractivity contribution is 5.77. The third-order valence-electron chi connectivity index (χ3n) is 6.52. The van der Waals surface area contributed by atoms with E-state index in [-0.39, 0.29) is 12.0 Å². The van der Waals surface area contributed by atoms with Crippen molar-refractivity contribution in [1.82, 2.24) is 14.9 Å². The summed E-state index contributed by atoms with van der Waals surface area (Å²) in [6.07, 6.45) is 10.5. The minimum Gasteiger partial charge on any atom is -0.395 e. The molecule has 1 aromatic heterocycles. The van der Waals surface area contributed by atoms with Gasteiger partial charge in [-0.2, -0.15) is 0 Å². The third-order valence-corrected chi connectivity index (χ3v) is 6.52.